The SMILES string of the molecule is CC(C)c1nn(-c2cc(C(F)(F)F)ccc2Cl)c2c1CCCCN2. The van der Waals surface area contributed by atoms with Crippen molar-refractivity contribution in [1.82, 2.24) is 9.78 Å². The third kappa shape index (κ3) is 3.11. The van der Waals surface area contributed by atoms with Crippen molar-refractivity contribution in [3.8, 4) is 5.69 Å². The Hall–Kier alpha value is -1.69. The number of benzene rings is 1. The lowest BCUT2D eigenvalue weighted by atomic mass is 10.0. The molecule has 0 radical (unpaired) electrons. The Balaban J connectivity index is 2.20. The van der Waals surface area contributed by atoms with Crippen LogP contribution in [0.5, 0.6) is 0 Å². The summed E-state index contributed by atoms with van der Waals surface area (Å²) >= 11 is 6.20. The van der Waals surface area contributed by atoms with Gasteiger partial charge in [-0.2, -0.15) is 18.3 Å². The van der Waals surface area contributed by atoms with Gasteiger partial charge in [-0.05, 0) is 43.4 Å². The Morgan fingerprint density at radius 1 is 1.25 bits per heavy atom. The van der Waals surface area contributed by atoms with Gasteiger partial charge in [0.15, 0.2) is 0 Å². The maximum absolute atomic E-state index is 13.1. The summed E-state index contributed by atoms with van der Waals surface area (Å²) < 4.78 is 40.7. The van der Waals surface area contributed by atoms with Crippen molar-refractivity contribution >= 4 is 17.4 Å². The van der Waals surface area contributed by atoms with Crippen LogP contribution in [0.4, 0.5) is 19.0 Å². The molecule has 24 heavy (non-hydrogen) atoms. The largest absolute Gasteiger partial charge is 0.416 e. The molecule has 0 bridgehead atoms. The molecule has 7 heteroatoms. The predicted octanol–water partition coefficient (Wildman–Crippen LogP) is 5.42. The van der Waals surface area contributed by atoms with Crippen LogP contribution >= 0.6 is 11.6 Å². The second-order valence-electron chi connectivity index (χ2n) is 6.33. The van der Waals surface area contributed by atoms with Gasteiger partial charge in [0.05, 0.1) is 22.0 Å². The molecule has 1 aliphatic heterocycles. The van der Waals surface area contributed by atoms with Crippen molar-refractivity contribution in [2.24, 2.45) is 0 Å². The molecule has 2 heterocycles. The number of halogens is 4. The van der Waals surface area contributed by atoms with Gasteiger partial charge in [-0.25, -0.2) is 4.68 Å². The van der Waals surface area contributed by atoms with E-state index in [9.17, 15) is 13.2 Å². The van der Waals surface area contributed by atoms with Crippen LogP contribution in [0.2, 0.25) is 5.02 Å². The minimum absolute atomic E-state index is 0.185. The number of aromatic nitrogens is 2. The zero-order chi connectivity index (χ0) is 17.5. The van der Waals surface area contributed by atoms with Crippen LogP contribution in [0.1, 0.15) is 49.4 Å². The van der Waals surface area contributed by atoms with Crippen LogP contribution in [-0.2, 0) is 12.6 Å². The van der Waals surface area contributed by atoms with Gasteiger partial charge in [-0.3, -0.25) is 0 Å². The summed E-state index contributed by atoms with van der Waals surface area (Å²) in [6.45, 7) is 4.84. The molecule has 0 saturated carbocycles. The quantitative estimate of drug-likeness (QED) is 0.778. The van der Waals surface area contributed by atoms with Gasteiger partial charge < -0.3 is 5.32 Å². The van der Waals surface area contributed by atoms with Crippen molar-refractivity contribution in [3.05, 3.63) is 40.0 Å². The monoisotopic (exact) mass is 357 g/mol. The Bertz CT molecular complexity index is 750. The normalized spacial score (nSPS) is 15.1. The lowest BCUT2D eigenvalue weighted by Crippen LogP contribution is -2.10. The maximum atomic E-state index is 13.1. The summed E-state index contributed by atoms with van der Waals surface area (Å²) in [7, 11) is 0. The number of anilines is 1. The van der Waals surface area contributed by atoms with Gasteiger partial charge in [0.2, 0.25) is 0 Å². The van der Waals surface area contributed by atoms with Gasteiger partial charge in [-0.15, -0.1) is 0 Å². The van der Waals surface area contributed by atoms with Crippen molar-refractivity contribution < 1.29 is 13.2 Å². The first-order chi connectivity index (χ1) is 11.3. The highest BCUT2D eigenvalue weighted by atomic mass is 35.5. The van der Waals surface area contributed by atoms with E-state index in [0.717, 1.165) is 55.0 Å². The Kier molecular flexibility index (Phi) is 4.51. The molecule has 130 valence electrons. The average molecular weight is 358 g/mol. The Morgan fingerprint density at radius 2 is 2.00 bits per heavy atom. The summed E-state index contributed by atoms with van der Waals surface area (Å²) in [6, 6.07) is 3.33. The minimum Gasteiger partial charge on any atom is -0.370 e. The predicted molar refractivity (Wildman–Crippen MR) is 89.1 cm³/mol. The molecule has 1 N–H and O–H groups in total. The van der Waals surface area contributed by atoms with Gasteiger partial charge in [0.1, 0.15) is 5.82 Å². The molecule has 2 aromatic rings. The van der Waals surface area contributed by atoms with E-state index in [-0.39, 0.29) is 16.6 Å². The molecule has 3 nitrogen and oxygen atoms in total. The molecule has 0 amide bonds. The van der Waals surface area contributed by atoms with Crippen molar-refractivity contribution in [2.75, 3.05) is 11.9 Å². The molecule has 0 aliphatic carbocycles. The second-order valence-corrected chi connectivity index (χ2v) is 6.73. The highest BCUT2D eigenvalue weighted by Crippen LogP contribution is 2.37. The van der Waals surface area contributed by atoms with E-state index in [2.05, 4.69) is 10.4 Å². The van der Waals surface area contributed by atoms with Crippen LogP contribution < -0.4 is 5.32 Å². The van der Waals surface area contributed by atoms with Crippen LogP contribution in [0, 0.1) is 0 Å². The smallest absolute Gasteiger partial charge is 0.370 e. The Labute approximate surface area is 143 Å². The first-order valence-electron chi connectivity index (χ1n) is 8.02. The molecular formula is C17H19ClF3N3. The van der Waals surface area contributed by atoms with Crippen LogP contribution in [0.25, 0.3) is 5.69 Å². The van der Waals surface area contributed by atoms with Gasteiger partial charge >= 0.3 is 6.18 Å². The number of alkyl halides is 3. The summed E-state index contributed by atoms with van der Waals surface area (Å²) in [5.74, 6) is 0.946. The van der Waals surface area contributed by atoms with E-state index >= 15 is 0 Å². The molecule has 3 rings (SSSR count). The molecule has 1 aromatic heterocycles. The molecule has 0 unspecified atom stereocenters. The zero-order valence-electron chi connectivity index (χ0n) is 13.5. The number of hydrogen-bond donors (Lipinski definition) is 1. The summed E-state index contributed by atoms with van der Waals surface area (Å²) in [5.41, 5.74) is 1.51. The fourth-order valence-electron chi connectivity index (χ4n) is 3.02. The molecule has 1 aromatic carbocycles. The van der Waals surface area contributed by atoms with E-state index in [4.69, 9.17) is 11.6 Å². The fraction of sp³-hybridized carbons (Fsp3) is 0.471. The summed E-state index contributed by atoms with van der Waals surface area (Å²) in [5, 5.41) is 8.15. The second kappa shape index (κ2) is 6.31. The van der Waals surface area contributed by atoms with Crippen LogP contribution in [-0.4, -0.2) is 16.3 Å². The molecular weight excluding hydrogens is 339 g/mol. The summed E-state index contributed by atoms with van der Waals surface area (Å²) in [6.07, 6.45) is -1.51. The van der Waals surface area contributed by atoms with Crippen molar-refractivity contribution in [3.63, 3.8) is 0 Å². The fourth-order valence-corrected chi connectivity index (χ4v) is 3.22. The molecule has 0 fully saturated rings. The highest BCUT2D eigenvalue weighted by molar-refractivity contribution is 6.32. The lowest BCUT2D eigenvalue weighted by molar-refractivity contribution is -0.137. The topological polar surface area (TPSA) is 29.9 Å². The standard InChI is InChI=1S/C17H19ClF3N3/c1-10(2)15-12-5-3-4-8-22-16(12)24(23-15)14-9-11(17(19,20)21)6-7-13(14)18/h6-7,9-10,22H,3-5,8H2,1-2H3. The first kappa shape index (κ1) is 17.1. The zero-order valence-corrected chi connectivity index (χ0v) is 14.3. The molecule has 0 spiro atoms. The molecule has 0 saturated heterocycles. The van der Waals surface area contributed by atoms with E-state index in [1.807, 2.05) is 13.8 Å². The van der Waals surface area contributed by atoms with Crippen molar-refractivity contribution in [1.29, 1.82) is 0 Å². The highest BCUT2D eigenvalue weighted by Gasteiger charge is 2.32. The van der Waals surface area contributed by atoms with Gasteiger partial charge in [0, 0.05) is 12.1 Å². The van der Waals surface area contributed by atoms with Crippen LogP contribution in [0.3, 0.4) is 0 Å². The third-order valence-corrected chi connectivity index (χ3v) is 4.53. The summed E-state index contributed by atoms with van der Waals surface area (Å²) in [4.78, 5) is 0. The van der Waals surface area contributed by atoms with Crippen molar-refractivity contribution in [2.45, 2.75) is 45.2 Å². The number of nitrogens with zero attached hydrogens (tertiary/aromatic N) is 2. The van der Waals surface area contributed by atoms with E-state index in [1.54, 1.807) is 0 Å². The number of nitrogens with one attached hydrogen (secondary N) is 1. The third-order valence-electron chi connectivity index (χ3n) is 4.21. The first-order valence-corrected chi connectivity index (χ1v) is 8.39. The van der Waals surface area contributed by atoms with E-state index in [1.165, 1.54) is 10.7 Å². The van der Waals surface area contributed by atoms with Gasteiger partial charge in [-0.1, -0.05) is 25.4 Å². The minimum atomic E-state index is -4.42. The average Bonchev–Trinajstić information content (AvgIpc) is 2.69. The number of hydrogen-bond acceptors (Lipinski definition) is 2. The van der Waals surface area contributed by atoms with Gasteiger partial charge in [0.25, 0.3) is 0 Å². The number of fused-ring (bicyclic) bond motifs is 1. The van der Waals surface area contributed by atoms with E-state index < -0.39 is 11.7 Å². The van der Waals surface area contributed by atoms with E-state index in [0.29, 0.717) is 0 Å². The molecule has 0 atom stereocenters. The maximum Gasteiger partial charge on any atom is 0.416 e. The number of rotatable bonds is 2. The lowest BCUT2D eigenvalue weighted by Gasteiger charge is -2.13. The Morgan fingerprint density at radius 3 is 2.67 bits per heavy atom. The van der Waals surface area contributed by atoms with Crippen LogP contribution in [0.15, 0.2) is 18.2 Å². The molecule has 1 aliphatic rings.